The van der Waals surface area contributed by atoms with Crippen molar-refractivity contribution in [1.29, 1.82) is 0 Å². The van der Waals surface area contributed by atoms with Crippen LogP contribution in [0.5, 0.6) is 0 Å². The van der Waals surface area contributed by atoms with Crippen LogP contribution < -0.4 is 0 Å². The summed E-state index contributed by atoms with van der Waals surface area (Å²) in [4.78, 5) is 2.54. The van der Waals surface area contributed by atoms with E-state index in [9.17, 15) is 0 Å². The van der Waals surface area contributed by atoms with Crippen LogP contribution in [0.15, 0.2) is 49.2 Å². The Hall–Kier alpha value is -1.80. The highest BCUT2D eigenvalue weighted by atomic mass is 15.1. The Labute approximate surface area is 121 Å². The Balaban J connectivity index is 1.72. The fourth-order valence-electron chi connectivity index (χ4n) is 3.03. The van der Waals surface area contributed by atoms with Gasteiger partial charge in [0, 0.05) is 38.1 Å². The Bertz CT molecular complexity index is 610. The molecule has 20 heavy (non-hydrogen) atoms. The van der Waals surface area contributed by atoms with Gasteiger partial charge in [0.1, 0.15) is 0 Å². The van der Waals surface area contributed by atoms with Crippen LogP contribution in [0.4, 0.5) is 0 Å². The van der Waals surface area contributed by atoms with E-state index in [1.54, 1.807) is 0 Å². The number of hydrogen-bond acceptors (Lipinski definition) is 1. The summed E-state index contributed by atoms with van der Waals surface area (Å²) in [6, 6.07) is 11.1. The van der Waals surface area contributed by atoms with Crippen molar-refractivity contribution in [3.05, 3.63) is 71.6 Å². The second kappa shape index (κ2) is 5.68. The molecule has 3 rings (SSSR count). The molecule has 1 aromatic heterocycles. The summed E-state index contributed by atoms with van der Waals surface area (Å²) in [5.41, 5.74) is 5.81. The van der Waals surface area contributed by atoms with E-state index in [-0.39, 0.29) is 0 Å². The van der Waals surface area contributed by atoms with Crippen LogP contribution in [0.25, 0.3) is 0 Å². The summed E-state index contributed by atoms with van der Waals surface area (Å²) in [7, 11) is 0. The first kappa shape index (κ1) is 13.2. The molecule has 1 aromatic carbocycles. The molecule has 104 valence electrons. The van der Waals surface area contributed by atoms with Crippen molar-refractivity contribution in [3.8, 4) is 0 Å². The number of benzene rings is 1. The van der Waals surface area contributed by atoms with E-state index in [1.165, 1.54) is 28.8 Å². The zero-order chi connectivity index (χ0) is 13.9. The minimum atomic E-state index is 0.897. The predicted molar refractivity (Wildman–Crippen MR) is 83.6 cm³/mol. The Morgan fingerprint density at radius 2 is 2.00 bits per heavy atom. The molecule has 2 heteroatoms. The van der Waals surface area contributed by atoms with Crippen LogP contribution in [0.3, 0.4) is 0 Å². The Morgan fingerprint density at radius 3 is 2.80 bits per heavy atom. The molecular formula is C18H22N2. The lowest BCUT2D eigenvalue weighted by Crippen LogP contribution is -2.30. The summed E-state index contributed by atoms with van der Waals surface area (Å²) in [6.45, 7) is 10.2. The minimum absolute atomic E-state index is 0.897. The maximum Gasteiger partial charge on any atom is 0.0400 e. The highest BCUT2D eigenvalue weighted by Gasteiger charge is 2.17. The summed E-state index contributed by atoms with van der Waals surface area (Å²) < 4.78 is 2.26. The van der Waals surface area contributed by atoms with Crippen molar-refractivity contribution >= 4 is 0 Å². The van der Waals surface area contributed by atoms with Gasteiger partial charge in [-0.25, -0.2) is 0 Å². The molecule has 0 aliphatic carbocycles. The van der Waals surface area contributed by atoms with Gasteiger partial charge in [-0.15, -0.1) is 6.58 Å². The number of hydrogen-bond donors (Lipinski definition) is 0. The van der Waals surface area contributed by atoms with E-state index in [1.807, 2.05) is 6.08 Å². The maximum absolute atomic E-state index is 3.82. The lowest BCUT2D eigenvalue weighted by molar-refractivity contribution is 0.245. The van der Waals surface area contributed by atoms with Crippen molar-refractivity contribution in [1.82, 2.24) is 9.47 Å². The predicted octanol–water partition coefficient (Wildman–Crippen LogP) is 3.54. The average molecular weight is 266 g/mol. The van der Waals surface area contributed by atoms with E-state index in [4.69, 9.17) is 0 Å². The van der Waals surface area contributed by atoms with Gasteiger partial charge < -0.3 is 4.57 Å². The molecule has 0 fully saturated rings. The fourth-order valence-corrected chi connectivity index (χ4v) is 3.03. The molecule has 2 aromatic rings. The van der Waals surface area contributed by atoms with Crippen molar-refractivity contribution in [2.45, 2.75) is 33.0 Å². The van der Waals surface area contributed by atoms with Crippen LogP contribution in [0, 0.1) is 6.92 Å². The molecule has 0 bridgehead atoms. The molecule has 0 amide bonds. The first-order valence-electron chi connectivity index (χ1n) is 7.32. The molecular weight excluding hydrogens is 244 g/mol. The van der Waals surface area contributed by atoms with Gasteiger partial charge in [-0.1, -0.05) is 30.3 Å². The zero-order valence-electron chi connectivity index (χ0n) is 12.2. The van der Waals surface area contributed by atoms with Crippen molar-refractivity contribution in [3.63, 3.8) is 0 Å². The van der Waals surface area contributed by atoms with Gasteiger partial charge in [-0.2, -0.15) is 0 Å². The second-order valence-corrected chi connectivity index (χ2v) is 5.60. The molecule has 1 aliphatic rings. The second-order valence-electron chi connectivity index (χ2n) is 5.60. The summed E-state index contributed by atoms with van der Waals surface area (Å²) >= 11 is 0. The van der Waals surface area contributed by atoms with Gasteiger partial charge in [0.15, 0.2) is 0 Å². The van der Waals surface area contributed by atoms with Gasteiger partial charge in [0.2, 0.25) is 0 Å². The summed E-state index contributed by atoms with van der Waals surface area (Å²) in [5.74, 6) is 0. The third kappa shape index (κ3) is 2.56. The molecule has 0 saturated carbocycles. The van der Waals surface area contributed by atoms with Gasteiger partial charge >= 0.3 is 0 Å². The van der Waals surface area contributed by atoms with Crippen LogP contribution in [-0.2, 0) is 26.1 Å². The molecule has 0 unspecified atom stereocenters. The fraction of sp³-hybridized carbons (Fsp3) is 0.333. The Morgan fingerprint density at radius 1 is 1.20 bits per heavy atom. The van der Waals surface area contributed by atoms with Crippen LogP contribution in [0.2, 0.25) is 0 Å². The number of nitrogens with zero attached hydrogens (tertiary/aromatic N) is 2. The highest BCUT2D eigenvalue weighted by Crippen LogP contribution is 2.21. The van der Waals surface area contributed by atoms with Crippen LogP contribution in [0.1, 0.15) is 22.4 Å². The summed E-state index contributed by atoms with van der Waals surface area (Å²) in [5, 5.41) is 0. The van der Waals surface area contributed by atoms with E-state index < -0.39 is 0 Å². The number of aromatic nitrogens is 1. The highest BCUT2D eigenvalue weighted by molar-refractivity contribution is 5.29. The molecule has 2 nitrogen and oxygen atoms in total. The first-order chi connectivity index (χ1) is 9.78. The van der Waals surface area contributed by atoms with Gasteiger partial charge in [0.05, 0.1) is 0 Å². The largest absolute Gasteiger partial charge is 0.348 e. The smallest absolute Gasteiger partial charge is 0.0400 e. The van der Waals surface area contributed by atoms with E-state index in [2.05, 4.69) is 59.5 Å². The van der Waals surface area contributed by atoms with Gasteiger partial charge in [-0.3, -0.25) is 4.90 Å². The quantitative estimate of drug-likeness (QED) is 0.768. The number of allylic oxidation sites excluding steroid dienone is 1. The van der Waals surface area contributed by atoms with Crippen LogP contribution >= 0.6 is 0 Å². The topological polar surface area (TPSA) is 8.17 Å². The van der Waals surface area contributed by atoms with Crippen molar-refractivity contribution in [2.24, 2.45) is 0 Å². The molecule has 1 aliphatic heterocycles. The standard InChI is InChI=1S/C18H22N2/c1-3-10-20-12-9-17(15(20)2)13-19-11-8-16-6-4-5-7-18(16)14-19/h3-7,9,12H,1,8,10-11,13-14H2,2H3. The first-order valence-corrected chi connectivity index (χ1v) is 7.32. The van der Waals surface area contributed by atoms with Crippen molar-refractivity contribution < 1.29 is 0 Å². The SMILES string of the molecule is C=CCn1ccc(CN2CCc3ccccc3C2)c1C. The zero-order valence-corrected chi connectivity index (χ0v) is 12.2. The maximum atomic E-state index is 3.82. The summed E-state index contributed by atoms with van der Waals surface area (Å²) in [6.07, 6.45) is 5.29. The Kier molecular flexibility index (Phi) is 3.75. The minimum Gasteiger partial charge on any atom is -0.348 e. The van der Waals surface area contributed by atoms with Crippen molar-refractivity contribution in [2.75, 3.05) is 6.54 Å². The van der Waals surface area contributed by atoms with Crippen LogP contribution in [-0.4, -0.2) is 16.0 Å². The van der Waals surface area contributed by atoms with E-state index in [0.29, 0.717) is 0 Å². The van der Waals surface area contributed by atoms with Gasteiger partial charge in [-0.05, 0) is 36.1 Å². The lowest BCUT2D eigenvalue weighted by atomic mass is 9.99. The molecule has 0 saturated heterocycles. The van der Waals surface area contributed by atoms with E-state index in [0.717, 1.165) is 26.2 Å². The average Bonchev–Trinajstić information content (AvgIpc) is 2.81. The third-order valence-electron chi connectivity index (χ3n) is 4.28. The normalized spacial score (nSPS) is 15.1. The molecule has 0 spiro atoms. The van der Waals surface area contributed by atoms with Gasteiger partial charge in [0.25, 0.3) is 0 Å². The lowest BCUT2D eigenvalue weighted by Gasteiger charge is -2.28. The monoisotopic (exact) mass is 266 g/mol. The molecule has 0 radical (unpaired) electrons. The van der Waals surface area contributed by atoms with E-state index >= 15 is 0 Å². The number of fused-ring (bicyclic) bond motifs is 1. The molecule has 0 atom stereocenters. The molecule has 2 heterocycles. The third-order valence-corrected chi connectivity index (χ3v) is 4.28. The number of rotatable bonds is 4. The molecule has 0 N–H and O–H groups in total.